The fourth-order valence-electron chi connectivity index (χ4n) is 2.70. The molecular weight excluding hydrogens is 218 g/mol. The fourth-order valence-corrected chi connectivity index (χ4v) is 2.70. The van der Waals surface area contributed by atoms with Gasteiger partial charge in [0.25, 0.3) is 0 Å². The summed E-state index contributed by atoms with van der Waals surface area (Å²) >= 11 is 0. The minimum atomic E-state index is 0.234. The zero-order valence-corrected chi connectivity index (χ0v) is 12.4. The van der Waals surface area contributed by atoms with Crippen molar-refractivity contribution in [2.75, 3.05) is 11.4 Å². The Labute approximate surface area is 112 Å². The maximum atomic E-state index is 2.47. The van der Waals surface area contributed by atoms with E-state index in [2.05, 4.69) is 63.8 Å². The van der Waals surface area contributed by atoms with Crippen molar-refractivity contribution in [3.63, 3.8) is 0 Å². The van der Waals surface area contributed by atoms with Crippen LogP contribution in [0.15, 0.2) is 30.0 Å². The molecular formula is C17H25N. The van der Waals surface area contributed by atoms with Crippen molar-refractivity contribution in [3.8, 4) is 0 Å². The fraction of sp³-hybridized carbons (Fsp3) is 0.529. The van der Waals surface area contributed by atoms with Crippen LogP contribution in [0.25, 0.3) is 0 Å². The van der Waals surface area contributed by atoms with E-state index >= 15 is 0 Å². The second kappa shape index (κ2) is 4.79. The van der Waals surface area contributed by atoms with Gasteiger partial charge in [0.05, 0.1) is 0 Å². The maximum Gasteiger partial charge on any atom is 0.0438 e. The average Bonchev–Trinajstić information content (AvgIpc) is 2.75. The van der Waals surface area contributed by atoms with Crippen molar-refractivity contribution in [2.45, 2.75) is 52.9 Å². The molecule has 0 spiro atoms. The molecule has 1 aliphatic rings. The second-order valence-corrected chi connectivity index (χ2v) is 6.29. The van der Waals surface area contributed by atoms with Crippen LogP contribution in [0.5, 0.6) is 0 Å². The van der Waals surface area contributed by atoms with Gasteiger partial charge in [0.1, 0.15) is 0 Å². The van der Waals surface area contributed by atoms with Gasteiger partial charge in [0, 0.05) is 17.9 Å². The van der Waals surface area contributed by atoms with Gasteiger partial charge in [0.2, 0.25) is 0 Å². The van der Waals surface area contributed by atoms with Crippen LogP contribution in [0.1, 0.15) is 51.7 Å². The molecule has 1 aliphatic heterocycles. The molecule has 0 amide bonds. The highest BCUT2D eigenvalue weighted by Crippen LogP contribution is 2.33. The number of hydrogen-bond donors (Lipinski definition) is 0. The van der Waals surface area contributed by atoms with Crippen molar-refractivity contribution in [2.24, 2.45) is 0 Å². The van der Waals surface area contributed by atoms with Gasteiger partial charge >= 0.3 is 0 Å². The maximum absolute atomic E-state index is 2.47. The molecule has 0 radical (unpaired) electrons. The van der Waals surface area contributed by atoms with E-state index < -0.39 is 0 Å². The Hall–Kier alpha value is -1.24. The minimum Gasteiger partial charge on any atom is -0.345 e. The Bertz CT molecular complexity index is 463. The van der Waals surface area contributed by atoms with Gasteiger partial charge in [-0.05, 0) is 49.3 Å². The smallest absolute Gasteiger partial charge is 0.0438 e. The van der Waals surface area contributed by atoms with E-state index in [-0.39, 0.29) is 5.41 Å². The molecule has 1 aromatic rings. The molecule has 1 fully saturated rings. The predicted molar refractivity (Wildman–Crippen MR) is 80.2 cm³/mol. The van der Waals surface area contributed by atoms with Crippen LogP contribution in [-0.4, -0.2) is 6.54 Å². The van der Waals surface area contributed by atoms with Crippen LogP contribution in [0.3, 0.4) is 0 Å². The number of aryl methyl sites for hydroxylation is 1. The van der Waals surface area contributed by atoms with Crippen LogP contribution in [-0.2, 0) is 5.41 Å². The number of nitrogens with zero attached hydrogens (tertiary/aromatic N) is 1. The highest BCUT2D eigenvalue weighted by atomic mass is 15.2. The van der Waals surface area contributed by atoms with Crippen molar-refractivity contribution in [1.82, 2.24) is 0 Å². The van der Waals surface area contributed by atoms with Gasteiger partial charge in [-0.2, -0.15) is 0 Å². The monoisotopic (exact) mass is 243 g/mol. The largest absolute Gasteiger partial charge is 0.345 e. The summed E-state index contributed by atoms with van der Waals surface area (Å²) in [6.07, 6.45) is 4.75. The van der Waals surface area contributed by atoms with Gasteiger partial charge in [-0.25, -0.2) is 0 Å². The Morgan fingerprint density at radius 1 is 1.22 bits per heavy atom. The van der Waals surface area contributed by atoms with Crippen LogP contribution < -0.4 is 4.90 Å². The first-order chi connectivity index (χ1) is 8.43. The molecule has 0 unspecified atom stereocenters. The summed E-state index contributed by atoms with van der Waals surface area (Å²) in [7, 11) is 0. The molecule has 1 nitrogen and oxygen atoms in total. The zero-order chi connectivity index (χ0) is 13.3. The van der Waals surface area contributed by atoms with E-state index in [0.29, 0.717) is 0 Å². The summed E-state index contributed by atoms with van der Waals surface area (Å²) in [6, 6.07) is 6.93. The molecule has 0 saturated carbocycles. The standard InChI is InChI=1S/C17H25N/c1-6-15-8-7-11-18(15)16-10-9-14(12-13(16)2)17(3,4)5/h6,9-10,12H,7-8,11H2,1-5H3/b15-6-. The quantitative estimate of drug-likeness (QED) is 0.685. The number of hydrogen-bond acceptors (Lipinski definition) is 1. The third-order valence-corrected chi connectivity index (χ3v) is 3.85. The summed E-state index contributed by atoms with van der Waals surface area (Å²) in [4.78, 5) is 2.47. The lowest BCUT2D eigenvalue weighted by molar-refractivity contribution is 0.589. The Balaban J connectivity index is 2.36. The molecule has 0 aliphatic carbocycles. The molecule has 0 N–H and O–H groups in total. The Morgan fingerprint density at radius 3 is 2.50 bits per heavy atom. The molecule has 2 rings (SSSR count). The molecule has 1 heteroatoms. The van der Waals surface area contributed by atoms with Crippen LogP contribution >= 0.6 is 0 Å². The normalized spacial score (nSPS) is 18.7. The third-order valence-electron chi connectivity index (χ3n) is 3.85. The lowest BCUT2D eigenvalue weighted by Crippen LogP contribution is -2.18. The summed E-state index contributed by atoms with van der Waals surface area (Å²) < 4.78 is 0. The number of allylic oxidation sites excluding steroid dienone is 2. The van der Waals surface area contributed by atoms with Crippen molar-refractivity contribution < 1.29 is 0 Å². The molecule has 98 valence electrons. The van der Waals surface area contributed by atoms with Gasteiger partial charge < -0.3 is 4.90 Å². The van der Waals surface area contributed by atoms with Crippen LogP contribution in [0, 0.1) is 6.92 Å². The SMILES string of the molecule is C/C=C1/CCCN1c1ccc(C(C)(C)C)cc1C. The molecule has 1 aromatic carbocycles. The molecule has 0 aromatic heterocycles. The first kappa shape index (κ1) is 13.2. The minimum absolute atomic E-state index is 0.234. The Kier molecular flexibility index (Phi) is 3.52. The molecule has 0 atom stereocenters. The van der Waals surface area contributed by atoms with Gasteiger partial charge in [-0.15, -0.1) is 0 Å². The zero-order valence-electron chi connectivity index (χ0n) is 12.4. The lowest BCUT2D eigenvalue weighted by Gasteiger charge is -2.25. The van der Waals surface area contributed by atoms with Gasteiger partial charge in [-0.3, -0.25) is 0 Å². The third kappa shape index (κ3) is 2.45. The van der Waals surface area contributed by atoms with Crippen molar-refractivity contribution in [3.05, 3.63) is 41.1 Å². The first-order valence-electron chi connectivity index (χ1n) is 6.97. The summed E-state index contributed by atoms with van der Waals surface area (Å²) in [5.41, 5.74) is 5.90. The Morgan fingerprint density at radius 2 is 1.94 bits per heavy atom. The van der Waals surface area contributed by atoms with E-state index in [1.165, 1.54) is 35.4 Å². The molecule has 1 saturated heterocycles. The molecule has 0 bridgehead atoms. The van der Waals surface area contributed by atoms with Crippen molar-refractivity contribution >= 4 is 5.69 Å². The average molecular weight is 243 g/mol. The summed E-state index contributed by atoms with van der Waals surface area (Å²) in [6.45, 7) is 12.4. The molecule has 1 heterocycles. The first-order valence-corrected chi connectivity index (χ1v) is 6.97. The van der Waals surface area contributed by atoms with Crippen LogP contribution in [0.4, 0.5) is 5.69 Å². The van der Waals surface area contributed by atoms with Crippen molar-refractivity contribution in [1.29, 1.82) is 0 Å². The number of benzene rings is 1. The van der Waals surface area contributed by atoms with Crippen LogP contribution in [0.2, 0.25) is 0 Å². The lowest BCUT2D eigenvalue weighted by atomic mass is 9.86. The number of rotatable bonds is 1. The highest BCUT2D eigenvalue weighted by molar-refractivity contribution is 5.60. The highest BCUT2D eigenvalue weighted by Gasteiger charge is 2.21. The van der Waals surface area contributed by atoms with Gasteiger partial charge in [-0.1, -0.05) is 39.0 Å². The summed E-state index contributed by atoms with van der Waals surface area (Å²) in [5.74, 6) is 0. The van der Waals surface area contributed by atoms with Gasteiger partial charge in [0.15, 0.2) is 0 Å². The topological polar surface area (TPSA) is 3.24 Å². The van der Waals surface area contributed by atoms with E-state index in [4.69, 9.17) is 0 Å². The summed E-state index contributed by atoms with van der Waals surface area (Å²) in [5, 5.41) is 0. The second-order valence-electron chi connectivity index (χ2n) is 6.29. The van der Waals surface area contributed by atoms with E-state index in [1.54, 1.807) is 0 Å². The van der Waals surface area contributed by atoms with E-state index in [1.807, 2.05) is 0 Å². The van der Waals surface area contributed by atoms with E-state index in [0.717, 1.165) is 6.54 Å². The van der Waals surface area contributed by atoms with E-state index in [9.17, 15) is 0 Å². The predicted octanol–water partition coefficient (Wildman–Crippen LogP) is 4.80. The molecule has 18 heavy (non-hydrogen) atoms. The number of anilines is 1.